The van der Waals surface area contributed by atoms with Crippen LogP contribution in [0, 0.1) is 27.7 Å². The number of hydrogen-bond acceptors (Lipinski definition) is 4. The third kappa shape index (κ3) is 5.80. The van der Waals surface area contributed by atoms with Crippen LogP contribution in [0.2, 0.25) is 5.02 Å². The molecule has 1 saturated heterocycles. The number of nitrogens with zero attached hydrogens (tertiary/aromatic N) is 3. The Hall–Kier alpha value is -3.88. The molecule has 2 N–H and O–H groups in total. The van der Waals surface area contributed by atoms with Gasteiger partial charge in [-0.2, -0.15) is 0 Å². The zero-order valence-electron chi connectivity index (χ0n) is 23.9. The highest BCUT2D eigenvalue weighted by Gasteiger charge is 2.41. The maximum absolute atomic E-state index is 13.1. The number of rotatable bonds is 8. The van der Waals surface area contributed by atoms with Gasteiger partial charge in [-0.05, 0) is 99.1 Å². The van der Waals surface area contributed by atoms with Gasteiger partial charge >= 0.3 is 0 Å². The minimum Gasteiger partial charge on any atom is -0.495 e. The molecule has 0 spiro atoms. The van der Waals surface area contributed by atoms with Crippen LogP contribution in [0.5, 0.6) is 5.75 Å². The number of benzene rings is 2. The van der Waals surface area contributed by atoms with Gasteiger partial charge in [-0.25, -0.2) is 0 Å². The molecule has 1 aliphatic rings. The second kappa shape index (κ2) is 11.9. The highest BCUT2D eigenvalue weighted by atomic mass is 35.5. The van der Waals surface area contributed by atoms with Crippen molar-refractivity contribution >= 4 is 40.5 Å². The second-order valence-corrected chi connectivity index (χ2v) is 11.2. The highest BCUT2D eigenvalue weighted by molar-refractivity contribution is 7.80. The molecular formula is C32H34ClN5O2S. The van der Waals surface area contributed by atoms with Crippen LogP contribution in [-0.4, -0.2) is 39.1 Å². The summed E-state index contributed by atoms with van der Waals surface area (Å²) in [5.74, 6) is 0.666. The topological polar surface area (TPSA) is 71.4 Å². The van der Waals surface area contributed by atoms with Gasteiger partial charge in [-0.15, -0.1) is 0 Å². The van der Waals surface area contributed by atoms with E-state index in [1.54, 1.807) is 13.3 Å². The first-order valence-electron chi connectivity index (χ1n) is 13.6. The molecule has 7 nitrogen and oxygen atoms in total. The molecule has 0 radical (unpaired) electrons. The Morgan fingerprint density at radius 3 is 2.63 bits per heavy atom. The van der Waals surface area contributed by atoms with Crippen LogP contribution < -0.4 is 15.4 Å². The molecule has 0 unspecified atom stereocenters. The third-order valence-corrected chi connectivity index (χ3v) is 8.20. The molecule has 212 valence electrons. The summed E-state index contributed by atoms with van der Waals surface area (Å²) in [4.78, 5) is 19.9. The number of aromatic nitrogens is 2. The summed E-state index contributed by atoms with van der Waals surface area (Å²) in [6.07, 6.45) is 2.07. The number of ether oxygens (including phenoxy) is 1. The van der Waals surface area contributed by atoms with Crippen molar-refractivity contribution in [3.05, 3.63) is 106 Å². The molecule has 0 saturated carbocycles. The summed E-state index contributed by atoms with van der Waals surface area (Å²) >= 11 is 12.3. The Balaban J connectivity index is 1.50. The molecule has 1 aliphatic heterocycles. The number of carbonyl (C=O) groups excluding carboxylic acids is 1. The van der Waals surface area contributed by atoms with Gasteiger partial charge in [0.1, 0.15) is 5.75 Å². The molecule has 2 aromatic heterocycles. The number of halogens is 1. The molecule has 0 aliphatic carbocycles. The van der Waals surface area contributed by atoms with Crippen molar-refractivity contribution in [3.63, 3.8) is 0 Å². The number of methoxy groups -OCH3 is 1. The third-order valence-electron chi connectivity index (χ3n) is 7.62. The van der Waals surface area contributed by atoms with Gasteiger partial charge in [-0.3, -0.25) is 9.78 Å². The smallest absolute Gasteiger partial charge is 0.226 e. The Kier molecular flexibility index (Phi) is 8.33. The van der Waals surface area contributed by atoms with Gasteiger partial charge in [-0.1, -0.05) is 29.8 Å². The van der Waals surface area contributed by atoms with E-state index in [9.17, 15) is 4.79 Å². The van der Waals surface area contributed by atoms with E-state index in [-0.39, 0.29) is 24.4 Å². The average Bonchev–Trinajstić information content (AvgIpc) is 3.44. The number of thiocarbonyl (C=S) groups is 1. The summed E-state index contributed by atoms with van der Waals surface area (Å²) in [5, 5.41) is 7.79. The predicted molar refractivity (Wildman–Crippen MR) is 168 cm³/mol. The Labute approximate surface area is 251 Å². The molecule has 2 atom stereocenters. The number of aryl methyl sites for hydroxylation is 3. The standard InChI is InChI=1S/C32H34ClN5O2S/c1-19-9-10-20(2)26(16-19)35-29(39)13-15-37-31(30(36-32(37)41)25-8-6-7-14-34-25)24-17-21(3)38(22(24)4)27-18-23(33)11-12-28(27)40-5/h6-12,14,16-18,30-31H,13,15H2,1-5H3,(H,35,39)(H,36,41)/t30-,31+/m0/s1. The lowest BCUT2D eigenvalue weighted by Gasteiger charge is -2.28. The summed E-state index contributed by atoms with van der Waals surface area (Å²) in [6, 6.07) is 19.3. The number of nitrogens with one attached hydrogen (secondary N) is 2. The van der Waals surface area contributed by atoms with Gasteiger partial charge in [0.2, 0.25) is 5.91 Å². The van der Waals surface area contributed by atoms with Crippen LogP contribution in [0.15, 0.2) is 66.9 Å². The lowest BCUT2D eigenvalue weighted by atomic mass is 9.96. The average molecular weight is 588 g/mol. The molecule has 9 heteroatoms. The van der Waals surface area contributed by atoms with Gasteiger partial charge in [0.25, 0.3) is 0 Å². The van der Waals surface area contributed by atoms with Crippen molar-refractivity contribution in [2.45, 2.75) is 46.2 Å². The normalized spacial score (nSPS) is 16.5. The number of amides is 1. The first kappa shape index (κ1) is 28.6. The zero-order valence-corrected chi connectivity index (χ0v) is 25.4. The van der Waals surface area contributed by atoms with Crippen molar-refractivity contribution in [2.75, 3.05) is 19.0 Å². The summed E-state index contributed by atoms with van der Waals surface area (Å²) < 4.78 is 7.84. The van der Waals surface area contributed by atoms with E-state index in [4.69, 9.17) is 28.6 Å². The van der Waals surface area contributed by atoms with Crippen LogP contribution in [0.25, 0.3) is 5.69 Å². The highest BCUT2D eigenvalue weighted by Crippen LogP contribution is 2.42. The largest absolute Gasteiger partial charge is 0.495 e. The molecule has 1 amide bonds. The van der Waals surface area contributed by atoms with E-state index in [1.807, 2.05) is 68.4 Å². The van der Waals surface area contributed by atoms with Gasteiger partial charge < -0.3 is 24.8 Å². The summed E-state index contributed by atoms with van der Waals surface area (Å²) in [7, 11) is 1.66. The lowest BCUT2D eigenvalue weighted by molar-refractivity contribution is -0.116. The van der Waals surface area contributed by atoms with E-state index in [0.29, 0.717) is 16.7 Å². The van der Waals surface area contributed by atoms with E-state index < -0.39 is 0 Å². The molecule has 4 aromatic rings. The van der Waals surface area contributed by atoms with Gasteiger partial charge in [0.05, 0.1) is 30.6 Å². The van der Waals surface area contributed by atoms with E-state index in [2.05, 4.69) is 45.0 Å². The number of anilines is 1. The van der Waals surface area contributed by atoms with E-state index in [0.717, 1.165) is 50.9 Å². The van der Waals surface area contributed by atoms with Crippen molar-refractivity contribution in [2.24, 2.45) is 0 Å². The monoisotopic (exact) mass is 587 g/mol. The fraction of sp³-hybridized carbons (Fsp3) is 0.281. The minimum absolute atomic E-state index is 0.0596. The van der Waals surface area contributed by atoms with Crippen LogP contribution in [0.3, 0.4) is 0 Å². The van der Waals surface area contributed by atoms with Crippen LogP contribution in [0.4, 0.5) is 5.69 Å². The van der Waals surface area contributed by atoms with Crippen LogP contribution >= 0.6 is 23.8 Å². The van der Waals surface area contributed by atoms with E-state index >= 15 is 0 Å². The predicted octanol–water partition coefficient (Wildman–Crippen LogP) is 6.77. The number of pyridine rings is 1. The van der Waals surface area contributed by atoms with Gasteiger partial charge in [0.15, 0.2) is 5.11 Å². The fourth-order valence-corrected chi connectivity index (χ4v) is 6.08. The SMILES string of the molecule is COc1ccc(Cl)cc1-n1c(C)cc([C@@H]2[C@H](c3ccccn3)NC(=S)N2CCC(=O)Nc2cc(C)ccc2C)c1C. The summed E-state index contributed by atoms with van der Waals surface area (Å²) in [5.41, 5.74) is 7.85. The molecular weight excluding hydrogens is 554 g/mol. The molecule has 1 fully saturated rings. The van der Waals surface area contributed by atoms with Crippen LogP contribution in [-0.2, 0) is 4.79 Å². The number of carbonyl (C=O) groups is 1. The maximum atomic E-state index is 13.1. The zero-order chi connectivity index (χ0) is 29.3. The minimum atomic E-state index is -0.194. The Bertz CT molecular complexity index is 1600. The van der Waals surface area contributed by atoms with Crippen LogP contribution in [0.1, 0.15) is 52.3 Å². The summed E-state index contributed by atoms with van der Waals surface area (Å²) in [6.45, 7) is 8.61. The second-order valence-electron chi connectivity index (χ2n) is 10.4. The molecule has 2 aromatic carbocycles. The molecule has 5 rings (SSSR count). The van der Waals surface area contributed by atoms with E-state index in [1.165, 1.54) is 0 Å². The van der Waals surface area contributed by atoms with Gasteiger partial charge in [0, 0.05) is 41.3 Å². The van der Waals surface area contributed by atoms with Crippen molar-refractivity contribution in [1.82, 2.24) is 19.8 Å². The number of hydrogen-bond donors (Lipinski definition) is 2. The molecule has 0 bridgehead atoms. The maximum Gasteiger partial charge on any atom is 0.226 e. The van der Waals surface area contributed by atoms with Crippen molar-refractivity contribution in [3.8, 4) is 11.4 Å². The van der Waals surface area contributed by atoms with Crippen molar-refractivity contribution < 1.29 is 9.53 Å². The fourth-order valence-electron chi connectivity index (χ4n) is 5.59. The molecule has 41 heavy (non-hydrogen) atoms. The Morgan fingerprint density at radius 1 is 1.10 bits per heavy atom. The quantitative estimate of drug-likeness (QED) is 0.222. The first-order valence-corrected chi connectivity index (χ1v) is 14.3. The lowest BCUT2D eigenvalue weighted by Crippen LogP contribution is -2.33. The first-order chi connectivity index (χ1) is 19.7. The molecule has 3 heterocycles. The van der Waals surface area contributed by atoms with Crippen molar-refractivity contribution in [1.29, 1.82) is 0 Å². The Morgan fingerprint density at radius 2 is 1.90 bits per heavy atom.